The van der Waals surface area contributed by atoms with Crippen LogP contribution in [0, 0.1) is 0 Å². The molecule has 0 unspecified atom stereocenters. The van der Waals surface area contributed by atoms with Gasteiger partial charge in [-0.1, -0.05) is 72.3 Å². The maximum absolute atomic E-state index is 13.4. The molecule has 0 bridgehead atoms. The van der Waals surface area contributed by atoms with Crippen molar-refractivity contribution in [1.82, 2.24) is 9.66 Å². The Hall–Kier alpha value is -2.38. The lowest BCUT2D eigenvalue weighted by Gasteiger charge is -2.22. The average Bonchev–Trinajstić information content (AvgIpc) is 2.89. The summed E-state index contributed by atoms with van der Waals surface area (Å²) in [5.41, 5.74) is 2.03. The number of nitrogens with zero attached hydrogens (tertiary/aromatic N) is 3. The SMILES string of the molecule is O=c1c2ccccc2nc(C2CCCCC2)n1N=Cc1cc(Cl)c(OCc2ccc(Cl)cc2Cl)c(Br)c1. The van der Waals surface area contributed by atoms with Crippen LogP contribution in [0.2, 0.25) is 15.1 Å². The highest BCUT2D eigenvalue weighted by Gasteiger charge is 2.22. The van der Waals surface area contributed by atoms with E-state index in [1.165, 1.54) is 11.1 Å². The summed E-state index contributed by atoms with van der Waals surface area (Å²) in [7, 11) is 0. The first kappa shape index (κ1) is 26.2. The molecule has 1 aromatic heterocycles. The van der Waals surface area contributed by atoms with Gasteiger partial charge < -0.3 is 4.74 Å². The zero-order valence-electron chi connectivity index (χ0n) is 19.8. The Morgan fingerprint density at radius 3 is 2.57 bits per heavy atom. The third-order valence-electron chi connectivity index (χ3n) is 6.48. The minimum absolute atomic E-state index is 0.174. The molecule has 1 aliphatic carbocycles. The molecule has 1 heterocycles. The molecule has 190 valence electrons. The number of benzene rings is 3. The van der Waals surface area contributed by atoms with Gasteiger partial charge in [-0.15, -0.1) is 0 Å². The Kier molecular flexibility index (Phi) is 8.20. The lowest BCUT2D eigenvalue weighted by Crippen LogP contribution is -2.25. The van der Waals surface area contributed by atoms with Crippen molar-refractivity contribution in [3.63, 3.8) is 0 Å². The number of aromatic nitrogens is 2. The predicted molar refractivity (Wildman–Crippen MR) is 155 cm³/mol. The number of para-hydroxylation sites is 1. The molecule has 0 atom stereocenters. The van der Waals surface area contributed by atoms with Crippen molar-refractivity contribution in [2.45, 2.75) is 44.6 Å². The lowest BCUT2D eigenvalue weighted by molar-refractivity contribution is 0.304. The maximum Gasteiger partial charge on any atom is 0.282 e. The number of hydrogen-bond acceptors (Lipinski definition) is 4. The van der Waals surface area contributed by atoms with Gasteiger partial charge in [-0.3, -0.25) is 4.79 Å². The van der Waals surface area contributed by atoms with Gasteiger partial charge in [0.25, 0.3) is 5.56 Å². The summed E-state index contributed by atoms with van der Waals surface area (Å²) in [6, 6.07) is 16.2. The first-order valence-corrected chi connectivity index (χ1v) is 13.9. The van der Waals surface area contributed by atoms with E-state index in [0.29, 0.717) is 47.6 Å². The molecule has 5 nitrogen and oxygen atoms in total. The first-order valence-electron chi connectivity index (χ1n) is 12.0. The number of ether oxygens (including phenoxy) is 1. The summed E-state index contributed by atoms with van der Waals surface area (Å²) in [4.78, 5) is 18.3. The fourth-order valence-corrected chi connectivity index (χ4v) is 6.03. The fraction of sp³-hybridized carbons (Fsp3) is 0.250. The summed E-state index contributed by atoms with van der Waals surface area (Å²) in [6.45, 7) is 0.227. The van der Waals surface area contributed by atoms with Crippen molar-refractivity contribution in [1.29, 1.82) is 0 Å². The van der Waals surface area contributed by atoms with E-state index < -0.39 is 0 Å². The maximum atomic E-state index is 13.4. The molecule has 0 N–H and O–H groups in total. The van der Waals surface area contributed by atoms with Gasteiger partial charge in [-0.05, 0) is 70.7 Å². The second-order valence-electron chi connectivity index (χ2n) is 9.02. The third kappa shape index (κ3) is 5.88. The van der Waals surface area contributed by atoms with Crippen LogP contribution in [-0.4, -0.2) is 15.9 Å². The molecular formula is C28H23BrCl3N3O2. The minimum Gasteiger partial charge on any atom is -0.486 e. The predicted octanol–water partition coefficient (Wildman–Crippen LogP) is 8.63. The van der Waals surface area contributed by atoms with Crippen molar-refractivity contribution < 1.29 is 4.74 Å². The molecule has 1 aliphatic rings. The molecule has 5 rings (SSSR count). The number of hydrogen-bond donors (Lipinski definition) is 0. The highest BCUT2D eigenvalue weighted by Crippen LogP contribution is 2.36. The summed E-state index contributed by atoms with van der Waals surface area (Å²) in [6.07, 6.45) is 7.09. The molecular weight excluding hydrogens is 597 g/mol. The topological polar surface area (TPSA) is 56.5 Å². The Labute approximate surface area is 238 Å². The summed E-state index contributed by atoms with van der Waals surface area (Å²) < 4.78 is 8.05. The molecule has 0 saturated heterocycles. The van der Waals surface area contributed by atoms with Gasteiger partial charge >= 0.3 is 0 Å². The first-order chi connectivity index (χ1) is 17.9. The summed E-state index contributed by atoms with van der Waals surface area (Å²) >= 11 is 22.3. The van der Waals surface area contributed by atoms with Crippen LogP contribution in [-0.2, 0) is 6.61 Å². The van der Waals surface area contributed by atoms with E-state index in [4.69, 9.17) is 44.5 Å². The highest BCUT2D eigenvalue weighted by molar-refractivity contribution is 9.10. The molecule has 0 spiro atoms. The van der Waals surface area contributed by atoms with Crippen LogP contribution in [0.1, 0.15) is 55.0 Å². The second-order valence-corrected chi connectivity index (χ2v) is 11.1. The van der Waals surface area contributed by atoms with Gasteiger partial charge in [-0.2, -0.15) is 9.78 Å². The van der Waals surface area contributed by atoms with Crippen molar-refractivity contribution in [2.75, 3.05) is 0 Å². The number of fused-ring (bicyclic) bond motifs is 1. The van der Waals surface area contributed by atoms with E-state index in [9.17, 15) is 4.79 Å². The zero-order chi connectivity index (χ0) is 25.9. The van der Waals surface area contributed by atoms with E-state index in [1.807, 2.05) is 30.3 Å². The van der Waals surface area contributed by atoms with Gasteiger partial charge in [0, 0.05) is 21.5 Å². The largest absolute Gasteiger partial charge is 0.486 e. The monoisotopic (exact) mass is 617 g/mol. The standard InChI is InChI=1S/C28H23BrCl3N3O2/c29-22-12-17(13-24(32)26(22)37-16-19-10-11-20(30)14-23(19)31)15-33-35-27(18-6-2-1-3-7-18)34-25-9-5-4-8-21(25)28(35)36/h4-5,8-15,18H,1-3,6-7,16H2. The van der Waals surface area contributed by atoms with Crippen LogP contribution < -0.4 is 10.3 Å². The van der Waals surface area contributed by atoms with E-state index in [-0.39, 0.29) is 18.1 Å². The van der Waals surface area contributed by atoms with E-state index in [1.54, 1.807) is 30.5 Å². The number of rotatable bonds is 6. The van der Waals surface area contributed by atoms with Crippen LogP contribution in [0.15, 0.2) is 69.0 Å². The summed E-state index contributed by atoms with van der Waals surface area (Å²) in [5, 5.41) is 6.62. The van der Waals surface area contributed by atoms with Crippen molar-refractivity contribution in [2.24, 2.45) is 5.10 Å². The molecule has 4 aromatic rings. The van der Waals surface area contributed by atoms with Gasteiger partial charge in [-0.25, -0.2) is 4.98 Å². The summed E-state index contributed by atoms with van der Waals surface area (Å²) in [5.74, 6) is 1.40. The molecule has 0 aliphatic heterocycles. The van der Waals surface area contributed by atoms with E-state index in [0.717, 1.165) is 31.2 Å². The second kappa shape index (κ2) is 11.6. The van der Waals surface area contributed by atoms with Gasteiger partial charge in [0.15, 0.2) is 5.75 Å². The Balaban J connectivity index is 1.45. The normalized spacial score (nSPS) is 14.5. The highest BCUT2D eigenvalue weighted by atomic mass is 79.9. The van der Waals surface area contributed by atoms with Crippen LogP contribution in [0.4, 0.5) is 0 Å². The molecule has 1 saturated carbocycles. The smallest absolute Gasteiger partial charge is 0.282 e. The van der Waals surface area contributed by atoms with Gasteiger partial charge in [0.2, 0.25) is 0 Å². The van der Waals surface area contributed by atoms with Crippen molar-refractivity contribution in [3.05, 3.63) is 101 Å². The Morgan fingerprint density at radius 2 is 1.81 bits per heavy atom. The van der Waals surface area contributed by atoms with E-state index in [2.05, 4.69) is 21.0 Å². The molecule has 0 radical (unpaired) electrons. The van der Waals surface area contributed by atoms with E-state index >= 15 is 0 Å². The molecule has 37 heavy (non-hydrogen) atoms. The fourth-order valence-electron chi connectivity index (χ4n) is 4.58. The van der Waals surface area contributed by atoms with Crippen LogP contribution >= 0.6 is 50.7 Å². The van der Waals surface area contributed by atoms with Crippen molar-refractivity contribution in [3.8, 4) is 5.75 Å². The lowest BCUT2D eigenvalue weighted by atomic mass is 9.88. The molecule has 3 aromatic carbocycles. The van der Waals surface area contributed by atoms with Crippen LogP contribution in [0.25, 0.3) is 10.9 Å². The van der Waals surface area contributed by atoms with Crippen LogP contribution in [0.3, 0.4) is 0 Å². The van der Waals surface area contributed by atoms with Crippen molar-refractivity contribution >= 4 is 67.9 Å². The molecule has 1 fully saturated rings. The Bertz CT molecular complexity index is 1520. The van der Waals surface area contributed by atoms with Gasteiger partial charge in [0.1, 0.15) is 12.4 Å². The van der Waals surface area contributed by atoms with Crippen LogP contribution in [0.5, 0.6) is 5.75 Å². The molecule has 9 heteroatoms. The minimum atomic E-state index is -0.174. The third-order valence-corrected chi connectivity index (χ3v) is 7.94. The van der Waals surface area contributed by atoms with Gasteiger partial charge in [0.05, 0.1) is 26.6 Å². The number of halogens is 4. The molecule has 0 amide bonds. The zero-order valence-corrected chi connectivity index (χ0v) is 23.6. The average molecular weight is 620 g/mol. The quantitative estimate of drug-likeness (QED) is 0.203. The Morgan fingerprint density at radius 1 is 1.03 bits per heavy atom.